The number of ether oxygens (including phenoxy) is 1. The first-order valence-electron chi connectivity index (χ1n) is 6.10. The molecule has 2 N–H and O–H groups in total. The fraction of sp³-hybridized carbons (Fsp3) is 0.0625. The van der Waals surface area contributed by atoms with Gasteiger partial charge in [0.05, 0.1) is 7.11 Å². The number of nitrogens with one attached hydrogen (secondary N) is 1. The smallest absolute Gasteiger partial charge is 0.248 e. The van der Waals surface area contributed by atoms with Crippen molar-refractivity contribution in [3.8, 4) is 11.5 Å². The maximum absolute atomic E-state index is 11.7. The molecule has 0 saturated carbocycles. The molecule has 0 aliphatic rings. The molecule has 0 fully saturated rings. The van der Waals surface area contributed by atoms with E-state index in [1.165, 1.54) is 19.3 Å². The highest BCUT2D eigenvalue weighted by Crippen LogP contribution is 2.24. The van der Waals surface area contributed by atoms with Crippen molar-refractivity contribution in [3.63, 3.8) is 0 Å². The van der Waals surface area contributed by atoms with Crippen molar-refractivity contribution in [1.29, 1.82) is 0 Å². The summed E-state index contributed by atoms with van der Waals surface area (Å²) in [7, 11) is 1.53. The Morgan fingerprint density at radius 1 is 1.20 bits per heavy atom. The number of hydrogen-bond acceptors (Lipinski definition) is 3. The molecule has 0 radical (unpaired) electrons. The van der Waals surface area contributed by atoms with E-state index in [0.29, 0.717) is 11.3 Å². The Morgan fingerprint density at radius 2 is 1.95 bits per heavy atom. The number of anilines is 1. The van der Waals surface area contributed by atoms with Crippen molar-refractivity contribution >= 4 is 17.7 Å². The molecule has 4 nitrogen and oxygen atoms in total. The summed E-state index contributed by atoms with van der Waals surface area (Å²) in [6.45, 7) is 0. The lowest BCUT2D eigenvalue weighted by atomic mass is 10.1. The minimum absolute atomic E-state index is 0.0631. The summed E-state index contributed by atoms with van der Waals surface area (Å²) in [5, 5.41) is 12.5. The van der Waals surface area contributed by atoms with E-state index in [1.54, 1.807) is 30.3 Å². The van der Waals surface area contributed by atoms with Gasteiger partial charge in [0, 0.05) is 23.4 Å². The summed E-state index contributed by atoms with van der Waals surface area (Å²) in [5.41, 5.74) is 1.27. The Kier molecular flexibility index (Phi) is 4.39. The number of carbonyl (C=O) groups excluding carboxylic acids is 1. The van der Waals surface area contributed by atoms with Crippen LogP contribution in [0.25, 0.3) is 6.08 Å². The van der Waals surface area contributed by atoms with E-state index in [2.05, 4.69) is 5.32 Å². The van der Waals surface area contributed by atoms with Crippen LogP contribution in [0.4, 0.5) is 5.69 Å². The van der Waals surface area contributed by atoms with E-state index in [9.17, 15) is 9.90 Å². The Labute approximate surface area is 117 Å². The summed E-state index contributed by atoms with van der Waals surface area (Å²) < 4.78 is 4.99. The Balaban J connectivity index is 2.04. The first-order valence-corrected chi connectivity index (χ1v) is 6.10. The van der Waals surface area contributed by atoms with Crippen LogP contribution < -0.4 is 10.1 Å². The Hall–Kier alpha value is -2.75. The molecule has 2 aromatic carbocycles. The van der Waals surface area contributed by atoms with Crippen molar-refractivity contribution in [2.45, 2.75) is 0 Å². The molecule has 0 atom stereocenters. The molecular formula is C16H15NO3. The summed E-state index contributed by atoms with van der Waals surface area (Å²) in [6.07, 6.45) is 2.92. The van der Waals surface area contributed by atoms with Crippen LogP contribution in [0.5, 0.6) is 11.5 Å². The van der Waals surface area contributed by atoms with E-state index in [0.717, 1.165) is 5.69 Å². The number of methoxy groups -OCH3 is 1. The lowest BCUT2D eigenvalue weighted by molar-refractivity contribution is -0.111. The van der Waals surface area contributed by atoms with E-state index in [1.807, 2.05) is 18.2 Å². The van der Waals surface area contributed by atoms with Crippen LogP contribution in [-0.2, 0) is 4.79 Å². The minimum atomic E-state index is -0.258. The van der Waals surface area contributed by atoms with Crippen molar-refractivity contribution in [2.24, 2.45) is 0 Å². The Morgan fingerprint density at radius 3 is 2.60 bits per heavy atom. The number of rotatable bonds is 4. The quantitative estimate of drug-likeness (QED) is 0.839. The van der Waals surface area contributed by atoms with Crippen LogP contribution in [0.3, 0.4) is 0 Å². The van der Waals surface area contributed by atoms with Gasteiger partial charge in [0.1, 0.15) is 11.5 Å². The van der Waals surface area contributed by atoms with Crippen LogP contribution in [0.1, 0.15) is 5.56 Å². The molecule has 0 unspecified atom stereocenters. The topological polar surface area (TPSA) is 58.6 Å². The average Bonchev–Trinajstić information content (AvgIpc) is 2.47. The van der Waals surface area contributed by atoms with Gasteiger partial charge >= 0.3 is 0 Å². The highest BCUT2D eigenvalue weighted by Gasteiger charge is 2.01. The molecule has 2 aromatic rings. The number of phenols is 1. The Bertz CT molecular complexity index is 621. The first kappa shape index (κ1) is 13.7. The molecule has 0 bridgehead atoms. The minimum Gasteiger partial charge on any atom is -0.507 e. The second-order valence-electron chi connectivity index (χ2n) is 4.11. The zero-order valence-corrected chi connectivity index (χ0v) is 11.0. The monoisotopic (exact) mass is 269 g/mol. The fourth-order valence-electron chi connectivity index (χ4n) is 1.66. The zero-order valence-electron chi connectivity index (χ0n) is 11.0. The van der Waals surface area contributed by atoms with Gasteiger partial charge in [-0.05, 0) is 30.3 Å². The number of carbonyl (C=O) groups is 1. The molecule has 2 rings (SSSR count). The van der Waals surface area contributed by atoms with E-state index < -0.39 is 0 Å². The highest BCUT2D eigenvalue weighted by atomic mass is 16.5. The number of phenolic OH excluding ortho intramolecular Hbond substituents is 1. The van der Waals surface area contributed by atoms with E-state index in [4.69, 9.17) is 4.74 Å². The lowest BCUT2D eigenvalue weighted by Crippen LogP contribution is -2.07. The number of aromatic hydroxyl groups is 1. The summed E-state index contributed by atoms with van der Waals surface area (Å²) in [6, 6.07) is 14.1. The molecule has 0 aliphatic carbocycles. The molecule has 0 heterocycles. The molecule has 102 valence electrons. The summed E-state index contributed by atoms with van der Waals surface area (Å²) >= 11 is 0. The molecule has 0 aromatic heterocycles. The molecular weight excluding hydrogens is 254 g/mol. The maximum Gasteiger partial charge on any atom is 0.248 e. The molecule has 0 saturated heterocycles. The number of hydrogen-bond donors (Lipinski definition) is 2. The number of para-hydroxylation sites is 1. The zero-order chi connectivity index (χ0) is 14.4. The van der Waals surface area contributed by atoms with Crippen LogP contribution >= 0.6 is 0 Å². The van der Waals surface area contributed by atoms with Crippen LogP contribution in [0.15, 0.2) is 54.6 Å². The number of amides is 1. The largest absolute Gasteiger partial charge is 0.507 e. The average molecular weight is 269 g/mol. The van der Waals surface area contributed by atoms with Crippen LogP contribution in [0, 0.1) is 0 Å². The van der Waals surface area contributed by atoms with E-state index in [-0.39, 0.29) is 11.7 Å². The van der Waals surface area contributed by atoms with Gasteiger partial charge in [0.25, 0.3) is 0 Å². The maximum atomic E-state index is 11.7. The van der Waals surface area contributed by atoms with Gasteiger partial charge < -0.3 is 15.2 Å². The molecule has 4 heteroatoms. The van der Waals surface area contributed by atoms with Gasteiger partial charge in [-0.3, -0.25) is 4.79 Å². The predicted octanol–water partition coefficient (Wildman–Crippen LogP) is 3.05. The van der Waals surface area contributed by atoms with Crippen molar-refractivity contribution in [2.75, 3.05) is 12.4 Å². The SMILES string of the molecule is COc1ccc(/C=C/C(=O)Nc2ccccc2)c(O)c1. The van der Waals surface area contributed by atoms with Crippen molar-refractivity contribution in [1.82, 2.24) is 0 Å². The summed E-state index contributed by atoms with van der Waals surface area (Å²) in [4.78, 5) is 11.7. The van der Waals surface area contributed by atoms with Crippen molar-refractivity contribution < 1.29 is 14.6 Å². The standard InChI is InChI=1S/C16H15NO3/c1-20-14-9-7-12(15(18)11-14)8-10-16(19)17-13-5-3-2-4-6-13/h2-11,18H,1H3,(H,17,19)/b10-8+. The lowest BCUT2D eigenvalue weighted by Gasteiger charge is -2.03. The van der Waals surface area contributed by atoms with Crippen molar-refractivity contribution in [3.05, 3.63) is 60.2 Å². The third-order valence-electron chi connectivity index (χ3n) is 2.69. The second kappa shape index (κ2) is 6.43. The fourth-order valence-corrected chi connectivity index (χ4v) is 1.66. The molecule has 0 aliphatic heterocycles. The second-order valence-corrected chi connectivity index (χ2v) is 4.11. The third-order valence-corrected chi connectivity index (χ3v) is 2.69. The van der Waals surface area contributed by atoms with Gasteiger partial charge in [-0.2, -0.15) is 0 Å². The summed E-state index contributed by atoms with van der Waals surface area (Å²) in [5.74, 6) is 0.368. The van der Waals surface area contributed by atoms with Gasteiger partial charge in [-0.25, -0.2) is 0 Å². The number of benzene rings is 2. The van der Waals surface area contributed by atoms with E-state index >= 15 is 0 Å². The highest BCUT2D eigenvalue weighted by molar-refractivity contribution is 6.02. The third kappa shape index (κ3) is 3.62. The molecule has 20 heavy (non-hydrogen) atoms. The molecule has 1 amide bonds. The van der Waals surface area contributed by atoms with Crippen LogP contribution in [-0.4, -0.2) is 18.1 Å². The predicted molar refractivity (Wildman–Crippen MR) is 78.8 cm³/mol. The van der Waals surface area contributed by atoms with Gasteiger partial charge in [0.15, 0.2) is 0 Å². The van der Waals surface area contributed by atoms with Gasteiger partial charge in [0.2, 0.25) is 5.91 Å². The normalized spacial score (nSPS) is 10.4. The van der Waals surface area contributed by atoms with Crippen LogP contribution in [0.2, 0.25) is 0 Å². The van der Waals surface area contributed by atoms with Gasteiger partial charge in [-0.15, -0.1) is 0 Å². The molecule has 0 spiro atoms. The first-order chi connectivity index (χ1) is 9.69. The van der Waals surface area contributed by atoms with Gasteiger partial charge in [-0.1, -0.05) is 18.2 Å².